The van der Waals surface area contributed by atoms with Gasteiger partial charge in [0.1, 0.15) is 6.10 Å². The number of hydrogen-bond acceptors (Lipinski definition) is 6. The molecule has 0 atom stereocenters. The standard InChI is InChI=1S/C33H41N7O2/c1-20(2)42-36-21(3)22-7-10-28-24(17-22)30-25-18-34-33(41)31(25)29-23(8-9-27-26(29)19-38(5)35-27)32(30)40(28)12-6-11-39-15-13-37(4)14-16-39/h7,10,17,19-20H,6,8-9,11-16,18H2,1-5H3,(H,34,41). The number of carbonyl (C=O) groups excluding carboxylic acids is 1. The summed E-state index contributed by atoms with van der Waals surface area (Å²) in [5.41, 5.74) is 10.9. The lowest BCUT2D eigenvalue weighted by atomic mass is 9.82. The van der Waals surface area contributed by atoms with Crippen molar-refractivity contribution in [2.24, 2.45) is 12.2 Å². The smallest absolute Gasteiger partial charge is 0.252 e. The zero-order chi connectivity index (χ0) is 29.1. The first kappa shape index (κ1) is 27.2. The molecule has 42 heavy (non-hydrogen) atoms. The summed E-state index contributed by atoms with van der Waals surface area (Å²) in [6.45, 7) is 13.1. The molecule has 9 nitrogen and oxygen atoms in total. The fourth-order valence-corrected chi connectivity index (χ4v) is 7.13. The van der Waals surface area contributed by atoms with Crippen LogP contribution in [0.1, 0.15) is 59.9 Å². The minimum absolute atomic E-state index is 0.0232. The Bertz CT molecular complexity index is 1740. The summed E-state index contributed by atoms with van der Waals surface area (Å²) in [7, 11) is 4.18. The number of oxime groups is 1. The molecule has 1 aliphatic carbocycles. The third-order valence-electron chi connectivity index (χ3n) is 9.21. The lowest BCUT2D eigenvalue weighted by Crippen LogP contribution is -2.44. The van der Waals surface area contributed by atoms with Crippen LogP contribution in [0.2, 0.25) is 0 Å². The Morgan fingerprint density at radius 3 is 2.67 bits per heavy atom. The second-order valence-electron chi connectivity index (χ2n) is 12.5. The maximum Gasteiger partial charge on any atom is 0.252 e. The highest BCUT2D eigenvalue weighted by Crippen LogP contribution is 2.46. The van der Waals surface area contributed by atoms with Crippen LogP contribution in [0.3, 0.4) is 0 Å². The summed E-state index contributed by atoms with van der Waals surface area (Å²) >= 11 is 0. The first-order chi connectivity index (χ1) is 20.3. The molecule has 9 heteroatoms. The normalized spacial score (nSPS) is 17.7. The number of fused-ring (bicyclic) bond motifs is 10. The van der Waals surface area contributed by atoms with Crippen LogP contribution in [0.25, 0.3) is 32.9 Å². The Labute approximate surface area is 247 Å². The number of rotatable bonds is 7. The van der Waals surface area contributed by atoms with Crippen molar-refractivity contribution in [3.63, 3.8) is 0 Å². The molecular weight excluding hydrogens is 526 g/mol. The average molecular weight is 568 g/mol. The van der Waals surface area contributed by atoms with Crippen molar-refractivity contribution in [3.8, 4) is 11.1 Å². The Balaban J connectivity index is 1.42. The van der Waals surface area contributed by atoms with Crippen LogP contribution in [0.5, 0.6) is 0 Å². The first-order valence-corrected chi connectivity index (χ1v) is 15.4. The lowest BCUT2D eigenvalue weighted by molar-refractivity contribution is 0.0860. The van der Waals surface area contributed by atoms with E-state index in [9.17, 15) is 4.79 Å². The SMILES string of the molecule is CC(=NOC(C)C)c1ccc2c(c1)c1c3c(c4c(c1n2CCCN1CCN(C)CC1)CCc1nn(C)cc1-4)C(=O)NC3. The van der Waals surface area contributed by atoms with Crippen LogP contribution in [0.4, 0.5) is 0 Å². The van der Waals surface area contributed by atoms with Gasteiger partial charge >= 0.3 is 0 Å². The van der Waals surface area contributed by atoms with E-state index in [4.69, 9.17) is 9.94 Å². The zero-order valence-corrected chi connectivity index (χ0v) is 25.5. The Morgan fingerprint density at radius 2 is 1.88 bits per heavy atom. The monoisotopic (exact) mass is 567 g/mol. The summed E-state index contributed by atoms with van der Waals surface area (Å²) in [5.74, 6) is 0.0232. The van der Waals surface area contributed by atoms with E-state index in [0.717, 1.165) is 97.8 Å². The van der Waals surface area contributed by atoms with Crippen LogP contribution in [0.15, 0.2) is 29.6 Å². The highest BCUT2D eigenvalue weighted by molar-refractivity contribution is 6.20. The van der Waals surface area contributed by atoms with Crippen LogP contribution >= 0.6 is 0 Å². The Hall–Kier alpha value is -3.69. The van der Waals surface area contributed by atoms with Crippen LogP contribution in [-0.4, -0.2) is 81.6 Å². The highest BCUT2D eigenvalue weighted by atomic mass is 16.6. The molecule has 1 N–H and O–H groups in total. The van der Waals surface area contributed by atoms with Gasteiger partial charge in [0.15, 0.2) is 0 Å². The molecule has 1 saturated heterocycles. The fourth-order valence-electron chi connectivity index (χ4n) is 7.13. The molecule has 0 radical (unpaired) electrons. The summed E-state index contributed by atoms with van der Waals surface area (Å²) in [5, 5.41) is 14.7. The van der Waals surface area contributed by atoms with Gasteiger partial charge in [-0.25, -0.2) is 0 Å². The minimum atomic E-state index is 0.0232. The number of likely N-dealkylation sites (N-methyl/N-ethyl adjacent to an activating group) is 1. The van der Waals surface area contributed by atoms with E-state index in [0.29, 0.717) is 6.54 Å². The van der Waals surface area contributed by atoms with E-state index in [2.05, 4.69) is 56.3 Å². The van der Waals surface area contributed by atoms with Crippen molar-refractivity contribution in [1.82, 2.24) is 29.5 Å². The number of aromatic nitrogens is 3. The molecule has 4 heterocycles. The van der Waals surface area contributed by atoms with E-state index in [1.165, 1.54) is 27.4 Å². The third-order valence-corrected chi connectivity index (χ3v) is 9.21. The van der Waals surface area contributed by atoms with Gasteiger partial charge in [-0.05, 0) is 82.4 Å². The van der Waals surface area contributed by atoms with Gasteiger partial charge in [0, 0.05) is 79.9 Å². The Kier molecular flexibility index (Phi) is 6.82. The topological polar surface area (TPSA) is 79.9 Å². The van der Waals surface area contributed by atoms with E-state index >= 15 is 0 Å². The molecule has 7 rings (SSSR count). The molecule has 2 aromatic carbocycles. The maximum atomic E-state index is 13.4. The molecule has 0 bridgehead atoms. The van der Waals surface area contributed by atoms with Gasteiger partial charge in [0.05, 0.1) is 22.5 Å². The number of hydrogen-bond donors (Lipinski definition) is 1. The number of nitrogens with zero attached hydrogens (tertiary/aromatic N) is 6. The molecule has 3 aliphatic rings. The molecular formula is C33H41N7O2. The van der Waals surface area contributed by atoms with Gasteiger partial charge in [-0.15, -0.1) is 0 Å². The van der Waals surface area contributed by atoms with Crippen LogP contribution < -0.4 is 5.32 Å². The quantitative estimate of drug-likeness (QED) is 0.266. The Morgan fingerprint density at radius 1 is 1.07 bits per heavy atom. The molecule has 1 fully saturated rings. The molecule has 220 valence electrons. The highest BCUT2D eigenvalue weighted by Gasteiger charge is 2.35. The lowest BCUT2D eigenvalue weighted by Gasteiger charge is -2.32. The predicted octanol–water partition coefficient (Wildman–Crippen LogP) is 4.32. The van der Waals surface area contributed by atoms with E-state index in [-0.39, 0.29) is 12.0 Å². The first-order valence-electron chi connectivity index (χ1n) is 15.4. The number of aryl methyl sites for hydroxylation is 4. The molecule has 0 unspecified atom stereocenters. The van der Waals surface area contributed by atoms with Crippen molar-refractivity contribution in [3.05, 3.63) is 52.3 Å². The molecule has 2 aliphatic heterocycles. The number of piperazine rings is 1. The fraction of sp³-hybridized carbons (Fsp3) is 0.485. The molecule has 1 amide bonds. The largest absolute Gasteiger partial charge is 0.393 e. The van der Waals surface area contributed by atoms with E-state index in [1.807, 2.05) is 32.5 Å². The summed E-state index contributed by atoms with van der Waals surface area (Å²) in [6, 6.07) is 6.66. The van der Waals surface area contributed by atoms with E-state index in [1.54, 1.807) is 0 Å². The van der Waals surface area contributed by atoms with Gasteiger partial charge in [0.25, 0.3) is 5.91 Å². The van der Waals surface area contributed by atoms with Crippen LogP contribution in [0, 0.1) is 0 Å². The van der Waals surface area contributed by atoms with E-state index < -0.39 is 0 Å². The second-order valence-corrected chi connectivity index (χ2v) is 12.5. The summed E-state index contributed by atoms with van der Waals surface area (Å²) in [4.78, 5) is 24.0. The summed E-state index contributed by atoms with van der Waals surface area (Å²) < 4.78 is 4.44. The molecule has 0 spiro atoms. The van der Waals surface area contributed by atoms with Crippen LogP contribution in [-0.2, 0) is 37.8 Å². The molecule has 0 saturated carbocycles. The average Bonchev–Trinajstić information content (AvgIpc) is 3.65. The van der Waals surface area contributed by atoms with Gasteiger partial charge in [-0.1, -0.05) is 11.2 Å². The third kappa shape index (κ3) is 4.50. The second kappa shape index (κ2) is 10.5. The summed E-state index contributed by atoms with van der Waals surface area (Å²) in [6.07, 6.45) is 4.95. The number of amides is 1. The molecule has 4 aromatic rings. The van der Waals surface area contributed by atoms with Crippen molar-refractivity contribution < 1.29 is 9.63 Å². The van der Waals surface area contributed by atoms with Crippen molar-refractivity contribution in [1.29, 1.82) is 0 Å². The van der Waals surface area contributed by atoms with Gasteiger partial charge < -0.3 is 24.5 Å². The maximum absolute atomic E-state index is 13.4. The van der Waals surface area contributed by atoms with Gasteiger partial charge in [0.2, 0.25) is 0 Å². The van der Waals surface area contributed by atoms with Crippen molar-refractivity contribution in [2.45, 2.75) is 59.2 Å². The number of nitrogens with one attached hydrogen (secondary N) is 1. The number of benzene rings is 2. The van der Waals surface area contributed by atoms with Crippen molar-refractivity contribution >= 4 is 33.4 Å². The zero-order valence-electron chi connectivity index (χ0n) is 25.5. The predicted molar refractivity (Wildman–Crippen MR) is 167 cm³/mol. The van der Waals surface area contributed by atoms with Gasteiger partial charge in [-0.2, -0.15) is 5.10 Å². The van der Waals surface area contributed by atoms with Crippen molar-refractivity contribution in [2.75, 3.05) is 39.8 Å². The minimum Gasteiger partial charge on any atom is -0.393 e. The molecule has 2 aromatic heterocycles. The van der Waals surface area contributed by atoms with Gasteiger partial charge in [-0.3, -0.25) is 9.48 Å². The number of carbonyl (C=O) groups is 1.